The van der Waals surface area contributed by atoms with Gasteiger partial charge in [-0.25, -0.2) is 0 Å². The molecule has 0 bridgehead atoms. The summed E-state index contributed by atoms with van der Waals surface area (Å²) in [6.45, 7) is 4.69. The van der Waals surface area contributed by atoms with Crippen molar-refractivity contribution in [2.24, 2.45) is 0 Å². The van der Waals surface area contributed by atoms with E-state index >= 15 is 0 Å². The van der Waals surface area contributed by atoms with Crippen LogP contribution < -0.4 is 0 Å². The first-order valence-electron chi connectivity index (χ1n) is 14.8. The number of rotatable bonds is 12. The molecule has 4 aromatic rings. The van der Waals surface area contributed by atoms with Crippen LogP contribution in [0.25, 0.3) is 33.4 Å². The lowest BCUT2D eigenvalue weighted by molar-refractivity contribution is 0.436. The van der Waals surface area contributed by atoms with Gasteiger partial charge in [0.05, 0.1) is 0 Å². The van der Waals surface area contributed by atoms with Gasteiger partial charge in [-0.05, 0) is 118 Å². The highest BCUT2D eigenvalue weighted by Gasteiger charge is 2.42. The van der Waals surface area contributed by atoms with E-state index in [0.29, 0.717) is 0 Å². The first-order valence-corrected chi connectivity index (χ1v) is 16.1. The zero-order valence-corrected chi connectivity index (χ0v) is 25.3. The molecule has 202 valence electrons. The van der Waals surface area contributed by atoms with E-state index in [1.54, 1.807) is 0 Å². The molecule has 0 radical (unpaired) electrons. The second-order valence-electron chi connectivity index (χ2n) is 11.2. The number of hydrogen-bond donors (Lipinski definition) is 2. The molecule has 0 heterocycles. The summed E-state index contributed by atoms with van der Waals surface area (Å²) in [7, 11) is 0. The predicted molar refractivity (Wildman–Crippen MR) is 178 cm³/mol. The maximum atomic E-state index is 4.42. The smallest absolute Gasteiger partial charge is 0.0215 e. The van der Waals surface area contributed by atoms with Gasteiger partial charge in [0.15, 0.2) is 0 Å². The highest BCUT2D eigenvalue weighted by Crippen LogP contribution is 2.55. The highest BCUT2D eigenvalue weighted by atomic mass is 32.1. The predicted octanol–water partition coefficient (Wildman–Crippen LogP) is 10.6. The molecule has 0 saturated carbocycles. The van der Waals surface area contributed by atoms with Crippen LogP contribution in [0.3, 0.4) is 0 Å². The quantitative estimate of drug-likeness (QED) is 0.161. The molecule has 0 spiro atoms. The Morgan fingerprint density at radius 3 is 1.38 bits per heavy atom. The molecule has 0 aliphatic heterocycles. The summed E-state index contributed by atoms with van der Waals surface area (Å²) in [6, 6.07) is 32.8. The Bertz CT molecular complexity index is 1310. The van der Waals surface area contributed by atoms with Crippen molar-refractivity contribution in [2.75, 3.05) is 11.5 Å². The maximum Gasteiger partial charge on any atom is 0.0215 e. The molecular weight excluding hydrogens is 509 g/mol. The minimum absolute atomic E-state index is 0.0630. The third-order valence-corrected chi connectivity index (χ3v) is 9.11. The van der Waals surface area contributed by atoms with Crippen LogP contribution >= 0.6 is 25.3 Å². The van der Waals surface area contributed by atoms with Crippen molar-refractivity contribution >= 4 is 25.3 Å². The monoisotopic (exact) mass is 550 g/mol. The zero-order chi connectivity index (χ0) is 27.2. The maximum absolute atomic E-state index is 4.42. The van der Waals surface area contributed by atoms with E-state index in [2.05, 4.69) is 124 Å². The van der Waals surface area contributed by atoms with Crippen LogP contribution in [0, 0.1) is 0 Å². The van der Waals surface area contributed by atoms with Gasteiger partial charge in [-0.1, -0.05) is 99.5 Å². The van der Waals surface area contributed by atoms with Crippen molar-refractivity contribution in [3.63, 3.8) is 0 Å². The Kier molecular flexibility index (Phi) is 9.25. The summed E-state index contributed by atoms with van der Waals surface area (Å²) in [4.78, 5) is 0. The van der Waals surface area contributed by atoms with Crippen molar-refractivity contribution in [3.05, 3.63) is 107 Å². The molecule has 0 N–H and O–H groups in total. The third-order valence-electron chi connectivity index (χ3n) is 8.48. The molecule has 0 saturated heterocycles. The number of fused-ring (bicyclic) bond motifs is 3. The van der Waals surface area contributed by atoms with Crippen LogP contribution in [0.4, 0.5) is 0 Å². The van der Waals surface area contributed by atoms with E-state index in [1.165, 1.54) is 81.3 Å². The summed E-state index contributed by atoms with van der Waals surface area (Å²) >= 11 is 8.84. The van der Waals surface area contributed by atoms with Gasteiger partial charge in [-0.2, -0.15) is 25.3 Å². The van der Waals surface area contributed by atoms with Crippen molar-refractivity contribution in [1.82, 2.24) is 0 Å². The Morgan fingerprint density at radius 1 is 0.538 bits per heavy atom. The molecule has 0 atom stereocenters. The molecule has 4 aromatic carbocycles. The summed E-state index contributed by atoms with van der Waals surface area (Å²) < 4.78 is 0. The van der Waals surface area contributed by atoms with Crippen molar-refractivity contribution in [2.45, 2.75) is 70.6 Å². The fourth-order valence-corrected chi connectivity index (χ4v) is 7.07. The molecule has 0 unspecified atom stereocenters. The lowest BCUT2D eigenvalue weighted by Gasteiger charge is -2.32. The van der Waals surface area contributed by atoms with Crippen LogP contribution in [0.1, 0.15) is 74.6 Å². The molecule has 5 rings (SSSR count). The third kappa shape index (κ3) is 5.74. The molecule has 1 aliphatic rings. The standard InChI is InChI=1S/C37H42S2/c1-3-19-37(20-4-2)35-25-31(29-13-5-9-27(23-29)11-7-21-38)15-17-33(35)34-18-16-32(26-36(34)37)30-14-6-10-28(24-30)12-8-22-39/h5-6,9-10,13-18,23-26,38-39H,3-4,7-8,11-12,19-22H2,1-2H3. The minimum atomic E-state index is 0.0630. The molecule has 1 aliphatic carbocycles. The van der Waals surface area contributed by atoms with E-state index in [1.807, 2.05) is 0 Å². The lowest BCUT2D eigenvalue weighted by atomic mass is 9.71. The SMILES string of the molecule is CCCC1(CCC)c2cc(-c3cccc(CCCS)c3)ccc2-c2ccc(-c3cccc(CCCS)c3)cc21. The molecule has 0 amide bonds. The Hall–Kier alpha value is -2.42. The summed E-state index contributed by atoms with van der Waals surface area (Å²) in [5.41, 5.74) is 14.1. The van der Waals surface area contributed by atoms with Crippen LogP contribution in [-0.2, 0) is 18.3 Å². The normalized spacial score (nSPS) is 13.3. The number of hydrogen-bond acceptors (Lipinski definition) is 2. The molecule has 0 aromatic heterocycles. The molecule has 0 nitrogen and oxygen atoms in total. The van der Waals surface area contributed by atoms with E-state index in [9.17, 15) is 0 Å². The number of thiol groups is 2. The van der Waals surface area contributed by atoms with Gasteiger partial charge in [-0.3, -0.25) is 0 Å². The van der Waals surface area contributed by atoms with Crippen LogP contribution in [0.5, 0.6) is 0 Å². The summed E-state index contributed by atoms with van der Waals surface area (Å²) in [5.74, 6) is 1.86. The molecule has 0 fully saturated rings. The largest absolute Gasteiger partial charge is 0.179 e. The van der Waals surface area contributed by atoms with Crippen LogP contribution in [0.2, 0.25) is 0 Å². The zero-order valence-electron chi connectivity index (χ0n) is 23.5. The van der Waals surface area contributed by atoms with Crippen molar-refractivity contribution < 1.29 is 0 Å². The fraction of sp³-hybridized carbons (Fsp3) is 0.351. The molecular formula is C37H42S2. The van der Waals surface area contributed by atoms with Crippen LogP contribution in [0.15, 0.2) is 84.9 Å². The highest BCUT2D eigenvalue weighted by molar-refractivity contribution is 7.80. The number of benzene rings is 4. The summed E-state index contributed by atoms with van der Waals surface area (Å²) in [6.07, 6.45) is 9.10. The average Bonchev–Trinajstić information content (AvgIpc) is 3.24. The van der Waals surface area contributed by atoms with Crippen molar-refractivity contribution in [1.29, 1.82) is 0 Å². The average molecular weight is 551 g/mol. The summed E-state index contributed by atoms with van der Waals surface area (Å²) in [5, 5.41) is 0. The fourth-order valence-electron chi connectivity index (χ4n) is 6.75. The Labute approximate surface area is 247 Å². The number of aryl methyl sites for hydroxylation is 2. The van der Waals surface area contributed by atoms with Crippen LogP contribution in [-0.4, -0.2) is 11.5 Å². The van der Waals surface area contributed by atoms with Gasteiger partial charge in [0, 0.05) is 5.41 Å². The van der Waals surface area contributed by atoms with E-state index in [-0.39, 0.29) is 5.41 Å². The van der Waals surface area contributed by atoms with Gasteiger partial charge >= 0.3 is 0 Å². The van der Waals surface area contributed by atoms with E-state index < -0.39 is 0 Å². The van der Waals surface area contributed by atoms with Gasteiger partial charge in [-0.15, -0.1) is 0 Å². The molecule has 39 heavy (non-hydrogen) atoms. The topological polar surface area (TPSA) is 0 Å². The van der Waals surface area contributed by atoms with Gasteiger partial charge in [0.1, 0.15) is 0 Å². The minimum Gasteiger partial charge on any atom is -0.179 e. The lowest BCUT2D eigenvalue weighted by Crippen LogP contribution is -2.25. The second kappa shape index (κ2) is 12.8. The van der Waals surface area contributed by atoms with Crippen molar-refractivity contribution in [3.8, 4) is 33.4 Å². The Morgan fingerprint density at radius 2 is 0.974 bits per heavy atom. The molecule has 2 heteroatoms. The van der Waals surface area contributed by atoms with E-state index in [0.717, 1.165) is 37.2 Å². The first-order chi connectivity index (χ1) is 19.1. The van der Waals surface area contributed by atoms with Gasteiger partial charge in [0.2, 0.25) is 0 Å². The Balaban J connectivity index is 1.60. The van der Waals surface area contributed by atoms with Gasteiger partial charge < -0.3 is 0 Å². The first kappa shape index (κ1) is 28.1. The van der Waals surface area contributed by atoms with E-state index in [4.69, 9.17) is 0 Å². The van der Waals surface area contributed by atoms with Gasteiger partial charge in [0.25, 0.3) is 0 Å². The second-order valence-corrected chi connectivity index (χ2v) is 12.1.